The molecule has 7 heteroatoms. The van der Waals surface area contributed by atoms with Crippen molar-refractivity contribution in [2.45, 2.75) is 19.3 Å². The van der Waals surface area contributed by atoms with E-state index in [4.69, 9.17) is 19.2 Å². The summed E-state index contributed by atoms with van der Waals surface area (Å²) in [5.74, 6) is 0.513. The normalized spacial score (nSPS) is 17.1. The lowest BCUT2D eigenvalue weighted by atomic mass is 10.1. The summed E-state index contributed by atoms with van der Waals surface area (Å²) in [7, 11) is 3.13. The molecule has 6 nitrogen and oxygen atoms in total. The van der Waals surface area contributed by atoms with Crippen molar-refractivity contribution in [1.82, 2.24) is 4.98 Å². The molecule has 0 fully saturated rings. The van der Waals surface area contributed by atoms with Crippen molar-refractivity contribution in [2.24, 2.45) is 0 Å². The zero-order valence-electron chi connectivity index (χ0n) is 16.8. The Labute approximate surface area is 175 Å². The number of pyridine rings is 1. The predicted molar refractivity (Wildman–Crippen MR) is 118 cm³/mol. The van der Waals surface area contributed by atoms with Gasteiger partial charge in [0.2, 0.25) is 5.91 Å². The van der Waals surface area contributed by atoms with Gasteiger partial charge < -0.3 is 19.5 Å². The van der Waals surface area contributed by atoms with Crippen LogP contribution in [0.1, 0.15) is 25.0 Å². The second kappa shape index (κ2) is 11.0. The van der Waals surface area contributed by atoms with Crippen molar-refractivity contribution in [2.75, 3.05) is 39.4 Å². The van der Waals surface area contributed by atoms with Crippen LogP contribution in [0.25, 0.3) is 15.8 Å². The lowest BCUT2D eigenvalue weighted by molar-refractivity contribution is -0.119. The molecule has 0 spiro atoms. The molecule has 154 valence electrons. The molecule has 29 heavy (non-hydrogen) atoms. The van der Waals surface area contributed by atoms with Crippen molar-refractivity contribution >= 4 is 39.2 Å². The highest BCUT2D eigenvalue weighted by atomic mass is 32.2. The van der Waals surface area contributed by atoms with Crippen LogP contribution < -0.4 is 10.1 Å². The van der Waals surface area contributed by atoms with E-state index in [-0.39, 0.29) is 12.5 Å². The molecular formula is C22H26N2O4S. The Hall–Kier alpha value is -2.35. The number of aromatic nitrogens is 1. The van der Waals surface area contributed by atoms with Crippen LogP contribution in [-0.4, -0.2) is 44.9 Å². The van der Waals surface area contributed by atoms with Crippen LogP contribution in [0.4, 0.5) is 5.69 Å². The number of hydrogen-bond acceptors (Lipinski definition) is 6. The molecule has 0 atom stereocenters. The molecule has 1 N–H and O–H groups in total. The largest absolute Gasteiger partial charge is 0.490 e. The van der Waals surface area contributed by atoms with Gasteiger partial charge in [-0.25, -0.2) is 4.98 Å². The Bertz CT molecular complexity index is 911. The molecule has 1 aliphatic heterocycles. The fourth-order valence-corrected chi connectivity index (χ4v) is 3.77. The van der Waals surface area contributed by atoms with Crippen LogP contribution in [0, 0.1) is 0 Å². The number of rotatable bonds is 8. The van der Waals surface area contributed by atoms with E-state index >= 15 is 0 Å². The van der Waals surface area contributed by atoms with E-state index in [1.165, 1.54) is 7.11 Å². The van der Waals surface area contributed by atoms with Gasteiger partial charge in [-0.05, 0) is 42.9 Å². The number of ether oxygens (including phenoxy) is 3. The molecule has 2 aromatic rings. The number of carbonyl (C=O) groups excluding carboxylic acids is 1. The van der Waals surface area contributed by atoms with E-state index in [0.717, 1.165) is 46.5 Å². The highest BCUT2D eigenvalue weighted by Crippen LogP contribution is 2.35. The van der Waals surface area contributed by atoms with Crippen molar-refractivity contribution in [3.8, 4) is 5.75 Å². The first-order chi connectivity index (χ1) is 14.2. The van der Waals surface area contributed by atoms with E-state index in [0.29, 0.717) is 18.9 Å². The summed E-state index contributed by atoms with van der Waals surface area (Å²) >= 11 is 1.68. The zero-order valence-corrected chi connectivity index (χ0v) is 17.6. The number of carbonyl (C=O) groups is 1. The summed E-state index contributed by atoms with van der Waals surface area (Å²) in [5.41, 5.74) is 2.37. The summed E-state index contributed by atoms with van der Waals surface area (Å²) in [4.78, 5) is 17.8. The fraction of sp³-hybridized carbons (Fsp3) is 0.364. The first-order valence-electron chi connectivity index (χ1n) is 9.59. The van der Waals surface area contributed by atoms with Crippen LogP contribution >= 0.6 is 11.8 Å². The Morgan fingerprint density at radius 2 is 2.07 bits per heavy atom. The van der Waals surface area contributed by atoms with E-state index in [1.807, 2.05) is 24.3 Å². The molecule has 2 heterocycles. The van der Waals surface area contributed by atoms with Crippen molar-refractivity contribution in [3.05, 3.63) is 47.5 Å². The highest BCUT2D eigenvalue weighted by Gasteiger charge is 2.13. The first kappa shape index (κ1) is 21.4. The van der Waals surface area contributed by atoms with Gasteiger partial charge in [0, 0.05) is 36.3 Å². The molecule has 1 amide bonds. The van der Waals surface area contributed by atoms with Gasteiger partial charge in [-0.3, -0.25) is 4.79 Å². The number of anilines is 1. The van der Waals surface area contributed by atoms with Crippen LogP contribution in [0.3, 0.4) is 0 Å². The summed E-state index contributed by atoms with van der Waals surface area (Å²) in [5, 5.41) is 5.79. The molecule has 3 rings (SSSR count). The SMILES string of the molecule is COCCOc1cc(/C2=C/CCC/C=C/S2)nc2ccc(NC(=O)COC)cc12. The van der Waals surface area contributed by atoms with Gasteiger partial charge in [0.15, 0.2) is 0 Å². The molecule has 0 bridgehead atoms. The van der Waals surface area contributed by atoms with Gasteiger partial charge in [-0.2, -0.15) is 0 Å². The molecule has 0 unspecified atom stereocenters. The second-order valence-corrected chi connectivity index (χ2v) is 7.50. The standard InChI is InChI=1S/C22H26N2O4S/c1-26-10-11-28-20-14-19(21-7-5-3-4-6-12-29-21)24-18-9-8-16(13-17(18)20)23-22(25)15-27-2/h6-9,12-14H,3-5,10-11,15H2,1-2H3,(H,23,25)/b12-6+,21-7-. The molecular weight excluding hydrogens is 388 g/mol. The van der Waals surface area contributed by atoms with Gasteiger partial charge in [0.1, 0.15) is 19.0 Å². The Morgan fingerprint density at radius 1 is 1.17 bits per heavy atom. The van der Waals surface area contributed by atoms with Gasteiger partial charge in [0.05, 0.1) is 17.8 Å². The third-order valence-corrected chi connectivity index (χ3v) is 5.28. The molecule has 1 aromatic carbocycles. The molecule has 0 saturated heterocycles. The number of nitrogens with zero attached hydrogens (tertiary/aromatic N) is 1. The third-order valence-electron chi connectivity index (χ3n) is 4.32. The van der Waals surface area contributed by atoms with Crippen molar-refractivity contribution < 1.29 is 19.0 Å². The summed E-state index contributed by atoms with van der Waals surface area (Å²) in [6.45, 7) is 0.927. The Balaban J connectivity index is 1.97. The molecule has 1 aromatic heterocycles. The highest BCUT2D eigenvalue weighted by molar-refractivity contribution is 8.10. The summed E-state index contributed by atoms with van der Waals surface area (Å²) in [6, 6.07) is 7.58. The van der Waals surface area contributed by atoms with Crippen LogP contribution in [0.15, 0.2) is 41.8 Å². The van der Waals surface area contributed by atoms with Gasteiger partial charge >= 0.3 is 0 Å². The molecule has 0 aliphatic carbocycles. The topological polar surface area (TPSA) is 69.7 Å². The average Bonchev–Trinajstić information content (AvgIpc) is 2.68. The Morgan fingerprint density at radius 3 is 2.90 bits per heavy atom. The summed E-state index contributed by atoms with van der Waals surface area (Å²) in [6.07, 6.45) is 7.70. The van der Waals surface area contributed by atoms with Gasteiger partial charge in [0.25, 0.3) is 0 Å². The molecule has 1 aliphatic rings. The maximum absolute atomic E-state index is 11.8. The summed E-state index contributed by atoms with van der Waals surface area (Å²) < 4.78 is 16.0. The van der Waals surface area contributed by atoms with Gasteiger partial charge in [-0.15, -0.1) is 0 Å². The zero-order chi connectivity index (χ0) is 20.5. The number of nitrogens with one attached hydrogen (secondary N) is 1. The fourth-order valence-electron chi connectivity index (χ4n) is 2.95. The number of hydrogen-bond donors (Lipinski definition) is 1. The van der Waals surface area contributed by atoms with Crippen molar-refractivity contribution in [1.29, 1.82) is 0 Å². The van der Waals surface area contributed by atoms with E-state index < -0.39 is 0 Å². The smallest absolute Gasteiger partial charge is 0.250 e. The van der Waals surface area contributed by atoms with Gasteiger partial charge in [-0.1, -0.05) is 23.9 Å². The van der Waals surface area contributed by atoms with E-state index in [2.05, 4.69) is 22.9 Å². The minimum absolute atomic E-state index is 0.00527. The number of thioether (sulfide) groups is 1. The lowest BCUT2D eigenvalue weighted by Crippen LogP contribution is -2.17. The number of allylic oxidation sites excluding steroid dienone is 2. The first-order valence-corrected chi connectivity index (χ1v) is 10.5. The quantitative estimate of drug-likeness (QED) is 0.636. The van der Waals surface area contributed by atoms with E-state index in [1.54, 1.807) is 18.9 Å². The monoisotopic (exact) mass is 414 g/mol. The molecule has 0 radical (unpaired) electrons. The third kappa shape index (κ3) is 6.06. The maximum atomic E-state index is 11.8. The average molecular weight is 415 g/mol. The minimum atomic E-state index is -0.207. The Kier molecular flexibility index (Phi) is 8.10. The number of amides is 1. The minimum Gasteiger partial charge on any atom is -0.490 e. The maximum Gasteiger partial charge on any atom is 0.250 e. The number of methoxy groups -OCH3 is 2. The van der Waals surface area contributed by atoms with Crippen LogP contribution in [0.5, 0.6) is 5.75 Å². The molecule has 0 saturated carbocycles. The second-order valence-electron chi connectivity index (χ2n) is 6.55. The number of benzene rings is 1. The van der Waals surface area contributed by atoms with E-state index in [9.17, 15) is 4.79 Å². The number of fused-ring (bicyclic) bond motifs is 1. The van der Waals surface area contributed by atoms with Crippen molar-refractivity contribution in [3.63, 3.8) is 0 Å². The predicted octanol–water partition coefficient (Wildman–Crippen LogP) is 4.62. The lowest BCUT2D eigenvalue weighted by Gasteiger charge is -2.14. The van der Waals surface area contributed by atoms with Crippen LogP contribution in [0.2, 0.25) is 0 Å². The van der Waals surface area contributed by atoms with Crippen LogP contribution in [-0.2, 0) is 14.3 Å².